The molecule has 2 rings (SSSR count). The van der Waals surface area contributed by atoms with Gasteiger partial charge in [0.15, 0.2) is 5.78 Å². The van der Waals surface area contributed by atoms with Crippen molar-refractivity contribution < 1.29 is 14.0 Å². The van der Waals surface area contributed by atoms with Gasteiger partial charge in [-0.2, -0.15) is 0 Å². The average Bonchev–Trinajstić information content (AvgIpc) is 2.89. The average molecular weight is 274 g/mol. The van der Waals surface area contributed by atoms with Crippen LogP contribution in [0.25, 0.3) is 0 Å². The minimum absolute atomic E-state index is 0.105. The van der Waals surface area contributed by atoms with E-state index in [0.29, 0.717) is 11.3 Å². The number of ketones is 1. The highest BCUT2D eigenvalue weighted by Crippen LogP contribution is 2.14. The largest absolute Gasteiger partial charge is 0.356 e. The molecule has 0 spiro atoms. The number of benzene rings is 1. The zero-order valence-corrected chi connectivity index (χ0v) is 11.2. The highest BCUT2D eigenvalue weighted by Gasteiger charge is 2.14. The SMILES string of the molecule is CC(=O)c1c[nH]c(C(=O)N[C@H](C)c2ccc(F)cc2)c1. The first-order chi connectivity index (χ1) is 9.47. The van der Waals surface area contributed by atoms with E-state index >= 15 is 0 Å². The zero-order valence-electron chi connectivity index (χ0n) is 11.2. The number of hydrogen-bond acceptors (Lipinski definition) is 2. The molecule has 0 aliphatic heterocycles. The second kappa shape index (κ2) is 5.69. The molecule has 0 saturated heterocycles. The first kappa shape index (κ1) is 14.0. The van der Waals surface area contributed by atoms with Gasteiger partial charge in [0.1, 0.15) is 11.5 Å². The van der Waals surface area contributed by atoms with Crippen LogP contribution in [0.2, 0.25) is 0 Å². The third-order valence-corrected chi connectivity index (χ3v) is 3.05. The predicted molar refractivity (Wildman–Crippen MR) is 73.1 cm³/mol. The molecular weight excluding hydrogens is 259 g/mol. The van der Waals surface area contributed by atoms with E-state index in [0.717, 1.165) is 5.56 Å². The van der Waals surface area contributed by atoms with Gasteiger partial charge in [0.05, 0.1) is 6.04 Å². The Balaban J connectivity index is 2.06. The molecule has 0 fully saturated rings. The molecule has 0 radical (unpaired) electrons. The Bertz CT molecular complexity index is 632. The summed E-state index contributed by atoms with van der Waals surface area (Å²) in [6.07, 6.45) is 1.50. The maximum absolute atomic E-state index is 12.8. The van der Waals surface area contributed by atoms with Crippen LogP contribution in [0, 0.1) is 5.82 Å². The summed E-state index contributed by atoms with van der Waals surface area (Å²) in [5, 5.41) is 2.78. The minimum Gasteiger partial charge on any atom is -0.356 e. The van der Waals surface area contributed by atoms with Crippen molar-refractivity contribution >= 4 is 11.7 Å². The second-order valence-corrected chi connectivity index (χ2v) is 4.60. The van der Waals surface area contributed by atoms with E-state index in [1.807, 2.05) is 0 Å². The molecule has 2 aromatic rings. The fourth-order valence-electron chi connectivity index (χ4n) is 1.84. The van der Waals surface area contributed by atoms with Crippen molar-refractivity contribution in [2.45, 2.75) is 19.9 Å². The van der Waals surface area contributed by atoms with E-state index in [-0.39, 0.29) is 23.5 Å². The normalized spacial score (nSPS) is 11.9. The number of amides is 1. The molecule has 0 aliphatic carbocycles. The number of H-pyrrole nitrogens is 1. The quantitative estimate of drug-likeness (QED) is 0.842. The third-order valence-electron chi connectivity index (χ3n) is 3.05. The molecule has 2 N–H and O–H groups in total. The van der Waals surface area contributed by atoms with Crippen LogP contribution in [0.15, 0.2) is 36.5 Å². The van der Waals surface area contributed by atoms with Gasteiger partial charge in [0, 0.05) is 11.8 Å². The summed E-state index contributed by atoms with van der Waals surface area (Å²) in [5.41, 5.74) is 1.59. The van der Waals surface area contributed by atoms with Gasteiger partial charge < -0.3 is 10.3 Å². The van der Waals surface area contributed by atoms with E-state index in [2.05, 4.69) is 10.3 Å². The molecule has 0 aliphatic rings. The number of rotatable bonds is 4. The van der Waals surface area contributed by atoms with Crippen LogP contribution in [0.5, 0.6) is 0 Å². The van der Waals surface area contributed by atoms with Crippen LogP contribution >= 0.6 is 0 Å². The summed E-state index contributed by atoms with van der Waals surface area (Å²) in [5.74, 6) is -0.732. The molecule has 20 heavy (non-hydrogen) atoms. The van der Waals surface area contributed by atoms with Crippen molar-refractivity contribution in [1.29, 1.82) is 0 Å². The maximum atomic E-state index is 12.8. The number of nitrogens with one attached hydrogen (secondary N) is 2. The molecule has 1 aromatic heterocycles. The van der Waals surface area contributed by atoms with Crippen LogP contribution in [0.4, 0.5) is 4.39 Å². The lowest BCUT2D eigenvalue weighted by Crippen LogP contribution is -2.26. The Morgan fingerprint density at radius 1 is 1.25 bits per heavy atom. The number of halogens is 1. The van der Waals surface area contributed by atoms with Crippen LogP contribution in [-0.4, -0.2) is 16.7 Å². The van der Waals surface area contributed by atoms with E-state index in [1.165, 1.54) is 31.3 Å². The lowest BCUT2D eigenvalue weighted by molar-refractivity contribution is 0.0935. The van der Waals surface area contributed by atoms with Crippen molar-refractivity contribution in [2.24, 2.45) is 0 Å². The molecule has 0 bridgehead atoms. The van der Waals surface area contributed by atoms with Crippen LogP contribution < -0.4 is 5.32 Å². The summed E-state index contributed by atoms with van der Waals surface area (Å²) < 4.78 is 12.8. The van der Waals surface area contributed by atoms with Gasteiger partial charge in [-0.1, -0.05) is 12.1 Å². The Hall–Kier alpha value is -2.43. The smallest absolute Gasteiger partial charge is 0.268 e. The van der Waals surface area contributed by atoms with Gasteiger partial charge in [-0.25, -0.2) is 4.39 Å². The number of Topliss-reactive ketones (excluding diaryl/α,β-unsaturated/α-hetero) is 1. The molecule has 5 heteroatoms. The number of aromatic amines is 1. The standard InChI is InChI=1S/C15H15FN2O2/c1-9(11-3-5-13(16)6-4-11)18-15(20)14-7-12(8-17-14)10(2)19/h3-9,17H,1-2H3,(H,18,20)/t9-/m1/s1. The van der Waals surface area contributed by atoms with Crippen LogP contribution in [0.3, 0.4) is 0 Å². The second-order valence-electron chi connectivity index (χ2n) is 4.60. The first-order valence-corrected chi connectivity index (χ1v) is 6.23. The van der Waals surface area contributed by atoms with Crippen molar-refractivity contribution in [3.63, 3.8) is 0 Å². The molecular formula is C15H15FN2O2. The Morgan fingerprint density at radius 2 is 1.90 bits per heavy atom. The topological polar surface area (TPSA) is 62.0 Å². The molecule has 1 amide bonds. The van der Waals surface area contributed by atoms with Gasteiger partial charge in [-0.15, -0.1) is 0 Å². The zero-order chi connectivity index (χ0) is 14.7. The van der Waals surface area contributed by atoms with Crippen molar-refractivity contribution in [1.82, 2.24) is 10.3 Å². The summed E-state index contributed by atoms with van der Waals surface area (Å²) >= 11 is 0. The maximum Gasteiger partial charge on any atom is 0.268 e. The Kier molecular flexibility index (Phi) is 3.98. The molecule has 0 unspecified atom stereocenters. The molecule has 4 nitrogen and oxygen atoms in total. The minimum atomic E-state index is -0.317. The first-order valence-electron chi connectivity index (χ1n) is 6.23. The monoisotopic (exact) mass is 274 g/mol. The molecule has 1 heterocycles. The molecule has 0 saturated carbocycles. The van der Waals surface area contributed by atoms with Crippen LogP contribution in [0.1, 0.15) is 46.3 Å². The highest BCUT2D eigenvalue weighted by molar-refractivity contribution is 5.99. The number of aromatic nitrogens is 1. The molecule has 1 atom stereocenters. The highest BCUT2D eigenvalue weighted by atomic mass is 19.1. The van der Waals surface area contributed by atoms with Crippen molar-refractivity contribution in [2.75, 3.05) is 0 Å². The van der Waals surface area contributed by atoms with Gasteiger partial charge in [0.25, 0.3) is 5.91 Å². The van der Waals surface area contributed by atoms with E-state index in [1.54, 1.807) is 19.1 Å². The van der Waals surface area contributed by atoms with Gasteiger partial charge in [0.2, 0.25) is 0 Å². The number of carbonyl (C=O) groups is 2. The fourth-order valence-corrected chi connectivity index (χ4v) is 1.84. The predicted octanol–water partition coefficient (Wildman–Crippen LogP) is 2.85. The summed E-state index contributed by atoms with van der Waals surface area (Å²) in [6, 6.07) is 7.19. The summed E-state index contributed by atoms with van der Waals surface area (Å²) in [6.45, 7) is 3.24. The van der Waals surface area contributed by atoms with Gasteiger partial charge >= 0.3 is 0 Å². The van der Waals surface area contributed by atoms with Gasteiger partial charge in [-0.3, -0.25) is 9.59 Å². The molecule has 104 valence electrons. The lowest BCUT2D eigenvalue weighted by Gasteiger charge is -2.13. The van der Waals surface area contributed by atoms with E-state index in [9.17, 15) is 14.0 Å². The van der Waals surface area contributed by atoms with Gasteiger partial charge in [-0.05, 0) is 37.6 Å². The Morgan fingerprint density at radius 3 is 2.45 bits per heavy atom. The molecule has 1 aromatic carbocycles. The number of hydrogen-bond donors (Lipinski definition) is 2. The number of carbonyl (C=O) groups excluding carboxylic acids is 2. The van der Waals surface area contributed by atoms with Crippen molar-refractivity contribution in [3.05, 3.63) is 59.2 Å². The van der Waals surface area contributed by atoms with Crippen LogP contribution in [-0.2, 0) is 0 Å². The summed E-state index contributed by atoms with van der Waals surface area (Å²) in [7, 11) is 0. The van der Waals surface area contributed by atoms with E-state index in [4.69, 9.17) is 0 Å². The van der Waals surface area contributed by atoms with Crippen molar-refractivity contribution in [3.8, 4) is 0 Å². The Labute approximate surface area is 116 Å². The lowest BCUT2D eigenvalue weighted by atomic mass is 10.1. The fraction of sp³-hybridized carbons (Fsp3) is 0.200. The van der Waals surface area contributed by atoms with E-state index < -0.39 is 0 Å². The summed E-state index contributed by atoms with van der Waals surface area (Å²) in [4.78, 5) is 25.9. The third kappa shape index (κ3) is 3.12.